The van der Waals surface area contributed by atoms with E-state index in [0.29, 0.717) is 5.15 Å². The van der Waals surface area contributed by atoms with Crippen LogP contribution in [0.1, 0.15) is 12.7 Å². The average Bonchev–Trinajstić information content (AvgIpc) is 2.29. The van der Waals surface area contributed by atoms with Crippen LogP contribution in [0.15, 0.2) is 36.4 Å². The highest BCUT2D eigenvalue weighted by molar-refractivity contribution is 6.29. The Kier molecular flexibility index (Phi) is 3.37. The molecule has 16 heavy (non-hydrogen) atoms. The third-order valence-electron chi connectivity index (χ3n) is 2.10. The molecule has 0 aliphatic carbocycles. The van der Waals surface area contributed by atoms with Crippen molar-refractivity contribution < 1.29 is 0 Å². The molecular weight excluding hydrogens is 222 g/mol. The molecule has 0 unspecified atom stereocenters. The van der Waals surface area contributed by atoms with Gasteiger partial charge in [0.2, 0.25) is 0 Å². The maximum Gasteiger partial charge on any atom is 0.135 e. The van der Waals surface area contributed by atoms with E-state index in [1.807, 2.05) is 37.3 Å². The summed E-state index contributed by atoms with van der Waals surface area (Å²) in [5, 5.41) is 3.65. The number of halogens is 1. The monoisotopic (exact) mass is 233 g/mol. The SMILES string of the molecule is CCc1nc(Cl)cc(Nc2ccccc2)n1. The molecular formula is C12H12ClN3. The molecule has 1 N–H and O–H groups in total. The van der Waals surface area contributed by atoms with Crippen molar-refractivity contribution in [3.63, 3.8) is 0 Å². The second kappa shape index (κ2) is 4.94. The summed E-state index contributed by atoms with van der Waals surface area (Å²) in [7, 11) is 0. The highest BCUT2D eigenvalue weighted by atomic mass is 35.5. The van der Waals surface area contributed by atoms with Crippen LogP contribution in [0.5, 0.6) is 0 Å². The fourth-order valence-electron chi connectivity index (χ4n) is 1.36. The fraction of sp³-hybridized carbons (Fsp3) is 0.167. The van der Waals surface area contributed by atoms with Crippen molar-refractivity contribution in [2.24, 2.45) is 0 Å². The van der Waals surface area contributed by atoms with Crippen LogP contribution in [0.3, 0.4) is 0 Å². The van der Waals surface area contributed by atoms with Crippen molar-refractivity contribution in [3.05, 3.63) is 47.4 Å². The van der Waals surface area contributed by atoms with Gasteiger partial charge in [0.05, 0.1) is 0 Å². The van der Waals surface area contributed by atoms with Crippen molar-refractivity contribution in [3.8, 4) is 0 Å². The number of rotatable bonds is 3. The van der Waals surface area contributed by atoms with Gasteiger partial charge in [-0.05, 0) is 12.1 Å². The number of para-hydroxylation sites is 1. The van der Waals surface area contributed by atoms with Crippen molar-refractivity contribution in [1.29, 1.82) is 0 Å². The Labute approximate surface area is 99.5 Å². The van der Waals surface area contributed by atoms with Gasteiger partial charge in [0.1, 0.15) is 16.8 Å². The molecule has 0 radical (unpaired) electrons. The van der Waals surface area contributed by atoms with Gasteiger partial charge < -0.3 is 5.32 Å². The van der Waals surface area contributed by atoms with E-state index in [-0.39, 0.29) is 0 Å². The van der Waals surface area contributed by atoms with Crippen LogP contribution in [-0.4, -0.2) is 9.97 Å². The molecule has 0 amide bonds. The molecule has 0 saturated heterocycles. The zero-order chi connectivity index (χ0) is 11.4. The van der Waals surface area contributed by atoms with Gasteiger partial charge in [0.15, 0.2) is 0 Å². The Bertz CT molecular complexity index is 471. The summed E-state index contributed by atoms with van der Waals surface area (Å²) >= 11 is 5.90. The first kappa shape index (κ1) is 10.9. The third-order valence-corrected chi connectivity index (χ3v) is 2.30. The predicted molar refractivity (Wildman–Crippen MR) is 66.1 cm³/mol. The lowest BCUT2D eigenvalue weighted by Gasteiger charge is -2.06. The molecule has 82 valence electrons. The largest absolute Gasteiger partial charge is 0.340 e. The number of aryl methyl sites for hydroxylation is 1. The Balaban J connectivity index is 2.24. The summed E-state index contributed by atoms with van der Waals surface area (Å²) in [5.41, 5.74) is 0.985. The van der Waals surface area contributed by atoms with Crippen molar-refractivity contribution in [1.82, 2.24) is 9.97 Å². The van der Waals surface area contributed by atoms with Crippen LogP contribution < -0.4 is 5.32 Å². The normalized spacial score (nSPS) is 10.1. The molecule has 4 heteroatoms. The van der Waals surface area contributed by atoms with Gasteiger partial charge in [-0.15, -0.1) is 0 Å². The van der Waals surface area contributed by atoms with Gasteiger partial charge in [-0.1, -0.05) is 36.7 Å². The van der Waals surface area contributed by atoms with Crippen LogP contribution in [0.4, 0.5) is 11.5 Å². The second-order valence-corrected chi connectivity index (χ2v) is 3.72. The number of nitrogens with zero attached hydrogens (tertiary/aromatic N) is 2. The molecule has 0 spiro atoms. The molecule has 0 saturated carbocycles. The number of benzene rings is 1. The topological polar surface area (TPSA) is 37.8 Å². The summed E-state index contributed by atoms with van der Waals surface area (Å²) in [5.74, 6) is 1.47. The van der Waals surface area contributed by atoms with Crippen LogP contribution in [0, 0.1) is 0 Å². The third kappa shape index (κ3) is 2.70. The van der Waals surface area contributed by atoms with Crippen molar-refractivity contribution >= 4 is 23.1 Å². The molecule has 3 nitrogen and oxygen atoms in total. The predicted octanol–water partition coefficient (Wildman–Crippen LogP) is 3.44. The molecule has 1 aromatic heterocycles. The molecule has 2 rings (SSSR count). The highest BCUT2D eigenvalue weighted by Gasteiger charge is 2.01. The summed E-state index contributed by atoms with van der Waals surface area (Å²) < 4.78 is 0. The van der Waals surface area contributed by atoms with E-state index < -0.39 is 0 Å². The fourth-order valence-corrected chi connectivity index (χ4v) is 1.56. The standard InChI is InChI=1S/C12H12ClN3/c1-2-11-15-10(13)8-12(16-11)14-9-6-4-3-5-7-9/h3-8H,2H2,1H3,(H,14,15,16). The number of nitrogens with one attached hydrogen (secondary N) is 1. The smallest absolute Gasteiger partial charge is 0.135 e. The molecule has 1 heterocycles. The molecule has 0 bridgehead atoms. The quantitative estimate of drug-likeness (QED) is 0.826. The molecule has 2 aromatic rings. The van der Waals surface area contributed by atoms with Gasteiger partial charge >= 0.3 is 0 Å². The number of hydrogen-bond acceptors (Lipinski definition) is 3. The lowest BCUT2D eigenvalue weighted by molar-refractivity contribution is 0.943. The Morgan fingerprint density at radius 1 is 1.19 bits per heavy atom. The average molecular weight is 234 g/mol. The Hall–Kier alpha value is -1.61. The van der Waals surface area contributed by atoms with E-state index in [1.165, 1.54) is 0 Å². The summed E-state index contributed by atoms with van der Waals surface area (Å²) in [4.78, 5) is 8.45. The maximum absolute atomic E-state index is 5.90. The second-order valence-electron chi connectivity index (χ2n) is 3.34. The Morgan fingerprint density at radius 3 is 2.62 bits per heavy atom. The van der Waals surface area contributed by atoms with E-state index in [1.54, 1.807) is 6.07 Å². The molecule has 1 aromatic carbocycles. The zero-order valence-corrected chi connectivity index (χ0v) is 9.70. The minimum Gasteiger partial charge on any atom is -0.340 e. The maximum atomic E-state index is 5.90. The lowest BCUT2D eigenvalue weighted by Crippen LogP contribution is -1.99. The zero-order valence-electron chi connectivity index (χ0n) is 8.94. The van der Waals surface area contributed by atoms with E-state index in [4.69, 9.17) is 11.6 Å². The van der Waals surface area contributed by atoms with Gasteiger partial charge in [-0.3, -0.25) is 0 Å². The molecule has 0 fully saturated rings. The number of anilines is 2. The minimum atomic E-state index is 0.463. The van der Waals surface area contributed by atoms with E-state index in [9.17, 15) is 0 Å². The summed E-state index contributed by atoms with van der Waals surface area (Å²) in [6, 6.07) is 11.6. The first-order valence-electron chi connectivity index (χ1n) is 5.13. The first-order chi connectivity index (χ1) is 7.78. The van der Waals surface area contributed by atoms with Crippen LogP contribution in [-0.2, 0) is 6.42 Å². The van der Waals surface area contributed by atoms with Crippen LogP contribution in [0.25, 0.3) is 0 Å². The van der Waals surface area contributed by atoms with Crippen LogP contribution >= 0.6 is 11.6 Å². The first-order valence-corrected chi connectivity index (χ1v) is 5.51. The van der Waals surface area contributed by atoms with Gasteiger partial charge in [-0.25, -0.2) is 9.97 Å². The molecule has 0 atom stereocenters. The lowest BCUT2D eigenvalue weighted by atomic mass is 10.3. The van der Waals surface area contributed by atoms with E-state index in [0.717, 1.165) is 23.8 Å². The molecule has 0 aliphatic heterocycles. The molecule has 0 aliphatic rings. The van der Waals surface area contributed by atoms with Crippen molar-refractivity contribution in [2.75, 3.05) is 5.32 Å². The van der Waals surface area contributed by atoms with Gasteiger partial charge in [-0.2, -0.15) is 0 Å². The summed E-state index contributed by atoms with van der Waals surface area (Å²) in [6.07, 6.45) is 0.768. The highest BCUT2D eigenvalue weighted by Crippen LogP contribution is 2.17. The van der Waals surface area contributed by atoms with E-state index in [2.05, 4.69) is 15.3 Å². The van der Waals surface area contributed by atoms with Crippen LogP contribution in [0.2, 0.25) is 5.15 Å². The van der Waals surface area contributed by atoms with Gasteiger partial charge in [0.25, 0.3) is 0 Å². The minimum absolute atomic E-state index is 0.463. The number of hydrogen-bond donors (Lipinski definition) is 1. The van der Waals surface area contributed by atoms with E-state index >= 15 is 0 Å². The number of aromatic nitrogens is 2. The Morgan fingerprint density at radius 2 is 1.94 bits per heavy atom. The summed E-state index contributed by atoms with van der Waals surface area (Å²) in [6.45, 7) is 2.00. The van der Waals surface area contributed by atoms with Crippen molar-refractivity contribution in [2.45, 2.75) is 13.3 Å². The van der Waals surface area contributed by atoms with Gasteiger partial charge in [0, 0.05) is 18.2 Å².